The van der Waals surface area contributed by atoms with E-state index in [2.05, 4.69) is 5.92 Å². The van der Waals surface area contributed by atoms with Crippen molar-refractivity contribution < 1.29 is 5.11 Å². The van der Waals surface area contributed by atoms with E-state index in [9.17, 15) is 5.11 Å². The Labute approximate surface area is 90.5 Å². The van der Waals surface area contributed by atoms with Crippen LogP contribution in [0.2, 0.25) is 0 Å². The number of phenolic OH excluding ortho intramolecular Hbond substituents is 1. The van der Waals surface area contributed by atoms with Crippen molar-refractivity contribution >= 4 is 0 Å². The molecule has 0 saturated carbocycles. The van der Waals surface area contributed by atoms with Crippen molar-refractivity contribution in [2.45, 2.75) is 13.1 Å². The Kier molecular flexibility index (Phi) is 4.17. The normalized spacial score (nSPS) is 10.3. The fourth-order valence-electron chi connectivity index (χ4n) is 1.42. The van der Waals surface area contributed by atoms with Gasteiger partial charge in [-0.15, -0.1) is 6.42 Å². The summed E-state index contributed by atoms with van der Waals surface area (Å²) in [7, 11) is 1.95. The quantitative estimate of drug-likeness (QED) is 0.717. The van der Waals surface area contributed by atoms with E-state index >= 15 is 0 Å². The van der Waals surface area contributed by atoms with Crippen LogP contribution in [0.5, 0.6) is 5.75 Å². The first-order valence-corrected chi connectivity index (χ1v) is 4.80. The molecule has 1 aromatic rings. The highest BCUT2D eigenvalue weighted by molar-refractivity contribution is 5.35. The van der Waals surface area contributed by atoms with E-state index in [1.54, 1.807) is 6.07 Å². The SMILES string of the molecule is C#CCN(C)Cc1ccc(O)c(CN)c1. The maximum absolute atomic E-state index is 9.45. The van der Waals surface area contributed by atoms with Gasteiger partial charge in [0.25, 0.3) is 0 Å². The maximum Gasteiger partial charge on any atom is 0.120 e. The molecule has 0 aliphatic rings. The van der Waals surface area contributed by atoms with Crippen molar-refractivity contribution in [2.75, 3.05) is 13.6 Å². The van der Waals surface area contributed by atoms with Crippen molar-refractivity contribution in [3.63, 3.8) is 0 Å². The van der Waals surface area contributed by atoms with Crippen LogP contribution in [0.4, 0.5) is 0 Å². The zero-order chi connectivity index (χ0) is 11.3. The third kappa shape index (κ3) is 3.28. The van der Waals surface area contributed by atoms with E-state index in [-0.39, 0.29) is 5.75 Å². The topological polar surface area (TPSA) is 49.5 Å². The Morgan fingerprint density at radius 1 is 1.53 bits per heavy atom. The average molecular weight is 204 g/mol. The second-order valence-corrected chi connectivity index (χ2v) is 3.54. The zero-order valence-corrected chi connectivity index (χ0v) is 8.90. The summed E-state index contributed by atoms with van der Waals surface area (Å²) in [5, 5.41) is 9.45. The first-order chi connectivity index (χ1) is 7.17. The van der Waals surface area contributed by atoms with Gasteiger partial charge < -0.3 is 10.8 Å². The van der Waals surface area contributed by atoms with Crippen LogP contribution in [-0.2, 0) is 13.1 Å². The molecule has 0 bridgehead atoms. The third-order valence-corrected chi connectivity index (χ3v) is 2.18. The van der Waals surface area contributed by atoms with E-state index < -0.39 is 0 Å². The van der Waals surface area contributed by atoms with E-state index in [1.807, 2.05) is 24.1 Å². The van der Waals surface area contributed by atoms with Gasteiger partial charge in [0.15, 0.2) is 0 Å². The summed E-state index contributed by atoms with van der Waals surface area (Å²) in [5.74, 6) is 2.83. The molecule has 0 aliphatic heterocycles. The summed E-state index contributed by atoms with van der Waals surface area (Å²) in [6.45, 7) is 1.72. The molecule has 3 heteroatoms. The van der Waals surface area contributed by atoms with Gasteiger partial charge in [-0.3, -0.25) is 4.90 Å². The molecule has 0 atom stereocenters. The first kappa shape index (κ1) is 11.6. The summed E-state index contributed by atoms with van der Waals surface area (Å²) in [6, 6.07) is 5.45. The molecule has 0 fully saturated rings. The number of nitrogens with zero attached hydrogens (tertiary/aromatic N) is 1. The van der Waals surface area contributed by atoms with Crippen molar-refractivity contribution in [3.8, 4) is 18.1 Å². The van der Waals surface area contributed by atoms with Crippen LogP contribution in [0.25, 0.3) is 0 Å². The van der Waals surface area contributed by atoms with E-state index in [0.29, 0.717) is 13.1 Å². The standard InChI is InChI=1S/C12H16N2O/c1-3-6-14(2)9-10-4-5-12(15)11(7-10)8-13/h1,4-5,7,15H,6,8-9,13H2,2H3. The van der Waals surface area contributed by atoms with Gasteiger partial charge in [0.2, 0.25) is 0 Å². The van der Waals surface area contributed by atoms with Crippen molar-refractivity contribution in [1.82, 2.24) is 4.90 Å². The van der Waals surface area contributed by atoms with Crippen LogP contribution in [-0.4, -0.2) is 23.6 Å². The Balaban J connectivity index is 2.75. The molecule has 0 radical (unpaired) electrons. The fourth-order valence-corrected chi connectivity index (χ4v) is 1.42. The minimum atomic E-state index is 0.251. The molecule has 0 spiro atoms. The zero-order valence-electron chi connectivity index (χ0n) is 8.90. The van der Waals surface area contributed by atoms with Crippen LogP contribution in [0, 0.1) is 12.3 Å². The van der Waals surface area contributed by atoms with Crippen LogP contribution in [0.3, 0.4) is 0 Å². The predicted octanol–water partition coefficient (Wildman–Crippen LogP) is 0.916. The number of benzene rings is 1. The largest absolute Gasteiger partial charge is 0.508 e. The minimum Gasteiger partial charge on any atom is -0.508 e. The first-order valence-electron chi connectivity index (χ1n) is 4.80. The molecule has 0 heterocycles. The molecule has 80 valence electrons. The van der Waals surface area contributed by atoms with Gasteiger partial charge in [0, 0.05) is 18.7 Å². The lowest BCUT2D eigenvalue weighted by Gasteiger charge is -2.14. The Morgan fingerprint density at radius 2 is 2.27 bits per heavy atom. The summed E-state index contributed by atoms with van der Waals surface area (Å²) < 4.78 is 0. The van der Waals surface area contributed by atoms with Crippen molar-refractivity contribution in [1.29, 1.82) is 0 Å². The molecular formula is C12H16N2O. The lowest BCUT2D eigenvalue weighted by atomic mass is 10.1. The molecule has 0 aromatic heterocycles. The summed E-state index contributed by atoms with van der Waals surface area (Å²) in [4.78, 5) is 2.02. The number of rotatable bonds is 4. The molecule has 3 N–H and O–H groups in total. The second-order valence-electron chi connectivity index (χ2n) is 3.54. The third-order valence-electron chi connectivity index (χ3n) is 2.18. The van der Waals surface area contributed by atoms with Crippen LogP contribution >= 0.6 is 0 Å². The molecule has 0 amide bonds. The van der Waals surface area contributed by atoms with Gasteiger partial charge in [0.1, 0.15) is 5.75 Å². The maximum atomic E-state index is 9.45. The molecule has 0 unspecified atom stereocenters. The Bertz CT molecular complexity index is 368. The number of terminal acetylenes is 1. The van der Waals surface area contributed by atoms with Crippen molar-refractivity contribution in [3.05, 3.63) is 29.3 Å². The van der Waals surface area contributed by atoms with Gasteiger partial charge in [-0.1, -0.05) is 12.0 Å². The smallest absolute Gasteiger partial charge is 0.120 e. The number of phenols is 1. The van der Waals surface area contributed by atoms with Crippen molar-refractivity contribution in [2.24, 2.45) is 5.73 Å². The van der Waals surface area contributed by atoms with Gasteiger partial charge >= 0.3 is 0 Å². The summed E-state index contributed by atoms with van der Waals surface area (Å²) in [6.07, 6.45) is 5.21. The lowest BCUT2D eigenvalue weighted by Crippen LogP contribution is -2.17. The highest BCUT2D eigenvalue weighted by atomic mass is 16.3. The minimum absolute atomic E-state index is 0.251. The van der Waals surface area contributed by atoms with Gasteiger partial charge in [0.05, 0.1) is 6.54 Å². The molecular weight excluding hydrogens is 188 g/mol. The van der Waals surface area contributed by atoms with E-state index in [0.717, 1.165) is 17.7 Å². The number of nitrogens with two attached hydrogens (primary N) is 1. The van der Waals surface area contributed by atoms with Crippen LogP contribution in [0.1, 0.15) is 11.1 Å². The Morgan fingerprint density at radius 3 is 2.87 bits per heavy atom. The molecule has 0 saturated heterocycles. The van der Waals surface area contributed by atoms with Gasteiger partial charge in [-0.2, -0.15) is 0 Å². The highest BCUT2D eigenvalue weighted by Gasteiger charge is 2.03. The molecule has 1 rings (SSSR count). The molecule has 0 aliphatic carbocycles. The van der Waals surface area contributed by atoms with Gasteiger partial charge in [-0.25, -0.2) is 0 Å². The Hall–Kier alpha value is -1.50. The van der Waals surface area contributed by atoms with E-state index in [1.165, 1.54) is 0 Å². The summed E-state index contributed by atoms with van der Waals surface area (Å²) >= 11 is 0. The summed E-state index contributed by atoms with van der Waals surface area (Å²) in [5.41, 5.74) is 7.37. The average Bonchev–Trinajstić information content (AvgIpc) is 2.21. The second kappa shape index (κ2) is 5.40. The number of hydrogen-bond acceptors (Lipinski definition) is 3. The molecule has 1 aromatic carbocycles. The predicted molar refractivity (Wildman–Crippen MR) is 61.2 cm³/mol. The molecule has 3 nitrogen and oxygen atoms in total. The van der Waals surface area contributed by atoms with Crippen LogP contribution in [0.15, 0.2) is 18.2 Å². The fraction of sp³-hybridized carbons (Fsp3) is 0.333. The number of aromatic hydroxyl groups is 1. The van der Waals surface area contributed by atoms with Gasteiger partial charge in [-0.05, 0) is 24.7 Å². The highest BCUT2D eigenvalue weighted by Crippen LogP contribution is 2.18. The van der Waals surface area contributed by atoms with Crippen LogP contribution < -0.4 is 5.73 Å². The monoisotopic (exact) mass is 204 g/mol. The molecule has 15 heavy (non-hydrogen) atoms. The lowest BCUT2D eigenvalue weighted by molar-refractivity contribution is 0.368. The van der Waals surface area contributed by atoms with E-state index in [4.69, 9.17) is 12.2 Å². The number of hydrogen-bond donors (Lipinski definition) is 2.